The van der Waals surface area contributed by atoms with Crippen LogP contribution in [0.4, 0.5) is 5.69 Å². The second kappa shape index (κ2) is 5.21. The van der Waals surface area contributed by atoms with Crippen LogP contribution in [0.2, 0.25) is 0 Å². The summed E-state index contributed by atoms with van der Waals surface area (Å²) in [7, 11) is 0. The van der Waals surface area contributed by atoms with Gasteiger partial charge in [-0.15, -0.1) is 0 Å². The number of rotatable bonds is 2. The quantitative estimate of drug-likeness (QED) is 0.871. The largest absolute Gasteiger partial charge is 0.337 e. The molecule has 0 bridgehead atoms. The number of nitrogens with zero attached hydrogens (tertiary/aromatic N) is 1. The zero-order valence-corrected chi connectivity index (χ0v) is 11.7. The molecule has 1 fully saturated rings. The van der Waals surface area contributed by atoms with E-state index in [0.717, 1.165) is 18.4 Å². The predicted molar refractivity (Wildman–Crippen MR) is 77.4 cm³/mol. The Morgan fingerprint density at radius 1 is 1.33 bits per heavy atom. The fourth-order valence-corrected chi connectivity index (χ4v) is 3.21. The Morgan fingerprint density at radius 3 is 2.76 bits per heavy atom. The Kier molecular flexibility index (Phi) is 3.38. The van der Waals surface area contributed by atoms with Crippen LogP contribution in [0.1, 0.15) is 43.6 Å². The molecule has 1 heterocycles. The molecule has 0 radical (unpaired) electrons. The first-order valence-electron chi connectivity index (χ1n) is 7.26. The average molecular weight is 283 g/mol. The van der Waals surface area contributed by atoms with E-state index in [-0.39, 0.29) is 18.2 Å². The van der Waals surface area contributed by atoms with Gasteiger partial charge in [-0.25, -0.2) is 0 Å². The van der Waals surface area contributed by atoms with Crippen molar-refractivity contribution >= 4 is 17.5 Å². The van der Waals surface area contributed by atoms with Gasteiger partial charge in [0.05, 0.1) is 12.0 Å². The summed E-state index contributed by atoms with van der Waals surface area (Å²) in [6.07, 6.45) is 3.42. The number of benzene rings is 1. The van der Waals surface area contributed by atoms with Crippen molar-refractivity contribution in [3.05, 3.63) is 29.8 Å². The maximum Gasteiger partial charge on any atom is 0.229 e. The van der Waals surface area contributed by atoms with Crippen LogP contribution in [0.5, 0.6) is 0 Å². The van der Waals surface area contributed by atoms with Crippen molar-refractivity contribution in [2.45, 2.75) is 43.6 Å². The minimum Gasteiger partial charge on any atom is -0.337 e. The molecule has 1 saturated carbocycles. The van der Waals surface area contributed by atoms with E-state index in [1.807, 2.05) is 18.2 Å². The fraction of sp³-hybridized carbons (Fsp3) is 0.438. The Morgan fingerprint density at radius 2 is 2.05 bits per heavy atom. The molecule has 3 rings (SSSR count). The van der Waals surface area contributed by atoms with Gasteiger partial charge in [0.25, 0.3) is 0 Å². The molecule has 2 aliphatic rings. The van der Waals surface area contributed by atoms with Gasteiger partial charge in [-0.1, -0.05) is 18.2 Å². The van der Waals surface area contributed by atoms with E-state index in [0.29, 0.717) is 18.5 Å². The van der Waals surface area contributed by atoms with Gasteiger partial charge >= 0.3 is 0 Å². The summed E-state index contributed by atoms with van der Waals surface area (Å²) < 4.78 is 0. The maximum absolute atomic E-state index is 12.6. The number of anilines is 1. The highest BCUT2D eigenvalue weighted by Gasteiger charge is 2.39. The average Bonchev–Trinajstić information content (AvgIpc) is 2.95. The predicted octanol–water partition coefficient (Wildman–Crippen LogP) is 2.06. The van der Waals surface area contributed by atoms with Crippen LogP contribution in [0, 0.1) is 11.3 Å². The number of nitriles is 1. The van der Waals surface area contributed by atoms with Crippen molar-refractivity contribution in [1.29, 1.82) is 5.26 Å². The van der Waals surface area contributed by atoms with Crippen LogP contribution >= 0.6 is 0 Å². The van der Waals surface area contributed by atoms with Crippen LogP contribution in [-0.2, 0) is 9.59 Å². The standard InChI is InChI=1S/C16H17N3O2/c17-10-16(7-3-4-8-16)19-15(21)12-9-14(20)18-13-6-2-1-5-11(12)13/h1-2,5-6,12H,3-4,7-9H2,(H,18,20)(H,19,21). The first kappa shape index (κ1) is 13.6. The number of carbonyl (C=O) groups is 2. The van der Waals surface area contributed by atoms with E-state index in [1.54, 1.807) is 6.07 Å². The third-order valence-corrected chi connectivity index (χ3v) is 4.35. The van der Waals surface area contributed by atoms with Gasteiger partial charge < -0.3 is 10.6 Å². The van der Waals surface area contributed by atoms with Gasteiger partial charge in [-0.3, -0.25) is 9.59 Å². The van der Waals surface area contributed by atoms with Crippen molar-refractivity contribution in [3.63, 3.8) is 0 Å². The first-order chi connectivity index (χ1) is 10.1. The monoisotopic (exact) mass is 283 g/mol. The molecule has 0 aromatic heterocycles. The molecular formula is C16H17N3O2. The zero-order valence-electron chi connectivity index (χ0n) is 11.7. The second-order valence-corrected chi connectivity index (χ2v) is 5.78. The maximum atomic E-state index is 12.6. The number of hydrogen-bond donors (Lipinski definition) is 2. The van der Waals surface area contributed by atoms with Gasteiger partial charge in [0.1, 0.15) is 5.54 Å². The molecule has 2 N–H and O–H groups in total. The van der Waals surface area contributed by atoms with E-state index in [4.69, 9.17) is 0 Å². The van der Waals surface area contributed by atoms with Crippen molar-refractivity contribution in [2.75, 3.05) is 5.32 Å². The van der Waals surface area contributed by atoms with Crippen molar-refractivity contribution in [3.8, 4) is 6.07 Å². The van der Waals surface area contributed by atoms with Crippen molar-refractivity contribution in [1.82, 2.24) is 5.32 Å². The Labute approximate surface area is 123 Å². The zero-order chi connectivity index (χ0) is 14.9. The highest BCUT2D eigenvalue weighted by atomic mass is 16.2. The summed E-state index contributed by atoms with van der Waals surface area (Å²) in [5.41, 5.74) is 0.756. The number of carbonyl (C=O) groups excluding carboxylic acids is 2. The molecule has 108 valence electrons. The number of nitrogens with one attached hydrogen (secondary N) is 2. The lowest BCUT2D eigenvalue weighted by atomic mass is 9.88. The molecule has 0 spiro atoms. The number of hydrogen-bond acceptors (Lipinski definition) is 3. The third-order valence-electron chi connectivity index (χ3n) is 4.35. The summed E-state index contributed by atoms with van der Waals surface area (Å²) >= 11 is 0. The lowest BCUT2D eigenvalue weighted by molar-refractivity contribution is -0.127. The molecule has 1 aliphatic carbocycles. The molecule has 5 nitrogen and oxygen atoms in total. The Bertz CT molecular complexity index is 627. The van der Waals surface area contributed by atoms with E-state index in [9.17, 15) is 14.9 Å². The smallest absolute Gasteiger partial charge is 0.229 e. The van der Waals surface area contributed by atoms with Crippen LogP contribution in [-0.4, -0.2) is 17.4 Å². The summed E-state index contributed by atoms with van der Waals surface area (Å²) in [4.78, 5) is 24.4. The second-order valence-electron chi connectivity index (χ2n) is 5.78. The van der Waals surface area contributed by atoms with Crippen molar-refractivity contribution in [2.24, 2.45) is 0 Å². The summed E-state index contributed by atoms with van der Waals surface area (Å²) in [6, 6.07) is 9.58. The molecule has 0 saturated heterocycles. The fourth-order valence-electron chi connectivity index (χ4n) is 3.21. The minimum atomic E-state index is -0.750. The van der Waals surface area contributed by atoms with Gasteiger partial charge in [0.15, 0.2) is 0 Å². The van der Waals surface area contributed by atoms with Gasteiger partial charge in [0.2, 0.25) is 11.8 Å². The highest BCUT2D eigenvalue weighted by Crippen LogP contribution is 2.34. The third kappa shape index (κ3) is 2.49. The van der Waals surface area contributed by atoms with Crippen LogP contribution in [0.15, 0.2) is 24.3 Å². The highest BCUT2D eigenvalue weighted by molar-refractivity contribution is 6.01. The first-order valence-corrected chi connectivity index (χ1v) is 7.26. The van der Waals surface area contributed by atoms with Gasteiger partial charge in [-0.2, -0.15) is 5.26 Å². The van der Waals surface area contributed by atoms with Crippen molar-refractivity contribution < 1.29 is 9.59 Å². The number of amides is 2. The van der Waals surface area contributed by atoms with E-state index in [1.165, 1.54) is 0 Å². The molecule has 1 atom stereocenters. The molecule has 1 unspecified atom stereocenters. The van der Waals surface area contributed by atoms with Crippen LogP contribution in [0.3, 0.4) is 0 Å². The lowest BCUT2D eigenvalue weighted by Crippen LogP contribution is -2.48. The normalized spacial score (nSPS) is 22.8. The summed E-state index contributed by atoms with van der Waals surface area (Å²) in [5, 5.41) is 15.0. The lowest BCUT2D eigenvalue weighted by Gasteiger charge is -2.29. The summed E-state index contributed by atoms with van der Waals surface area (Å²) in [5.74, 6) is -0.896. The Balaban J connectivity index is 1.85. The number of fused-ring (bicyclic) bond motifs is 1. The van der Waals surface area contributed by atoms with Crippen LogP contribution < -0.4 is 10.6 Å². The summed E-state index contributed by atoms with van der Waals surface area (Å²) in [6.45, 7) is 0. The molecule has 5 heteroatoms. The molecule has 1 aliphatic heterocycles. The van der Waals surface area contributed by atoms with Gasteiger partial charge in [0, 0.05) is 12.1 Å². The molecule has 1 aromatic rings. The molecule has 1 aromatic carbocycles. The molecular weight excluding hydrogens is 266 g/mol. The molecule has 2 amide bonds. The minimum absolute atomic E-state index is 0.129. The van der Waals surface area contributed by atoms with E-state index in [2.05, 4.69) is 16.7 Å². The van der Waals surface area contributed by atoms with Gasteiger partial charge in [-0.05, 0) is 37.3 Å². The molecule has 21 heavy (non-hydrogen) atoms. The van der Waals surface area contributed by atoms with E-state index >= 15 is 0 Å². The number of para-hydroxylation sites is 1. The SMILES string of the molecule is N#CC1(NC(=O)C2CC(=O)Nc3ccccc32)CCCC1. The topological polar surface area (TPSA) is 82.0 Å². The van der Waals surface area contributed by atoms with Crippen LogP contribution in [0.25, 0.3) is 0 Å². The Hall–Kier alpha value is -2.35. The van der Waals surface area contributed by atoms with E-state index < -0.39 is 11.5 Å².